The summed E-state index contributed by atoms with van der Waals surface area (Å²) in [6.45, 7) is 7.29. The van der Waals surface area contributed by atoms with Crippen LogP contribution >= 0.6 is 0 Å². The quantitative estimate of drug-likeness (QED) is 0.623. The molecule has 14 heavy (non-hydrogen) atoms. The number of hydrogen-bond acceptors (Lipinski definition) is 4. The van der Waals surface area contributed by atoms with Crippen molar-refractivity contribution in [2.45, 2.75) is 31.6 Å². The van der Waals surface area contributed by atoms with Crippen molar-refractivity contribution in [3.05, 3.63) is 0 Å². The second kappa shape index (κ2) is 4.57. The molecule has 0 saturated carbocycles. The summed E-state index contributed by atoms with van der Waals surface area (Å²) in [6.07, 6.45) is 1.84. The monoisotopic (exact) mass is 199 g/mol. The predicted octanol–water partition coefficient (Wildman–Crippen LogP) is -0.604. The SMILES string of the molecule is C[C@@H]1CNC[C@@H](CN2CC[C@@H](N)C2)O1. The molecule has 0 bridgehead atoms. The highest BCUT2D eigenvalue weighted by atomic mass is 16.5. The molecule has 2 aliphatic heterocycles. The van der Waals surface area contributed by atoms with Crippen molar-refractivity contribution in [2.24, 2.45) is 5.73 Å². The standard InChI is InChI=1S/C10H21N3O/c1-8-4-12-5-10(14-8)7-13-3-2-9(11)6-13/h8-10,12H,2-7,11H2,1H3/t8-,9-,10+/m1/s1. The lowest BCUT2D eigenvalue weighted by atomic mass is 10.2. The topological polar surface area (TPSA) is 50.5 Å². The van der Waals surface area contributed by atoms with E-state index in [4.69, 9.17) is 10.5 Å². The molecular formula is C10H21N3O. The number of ether oxygens (including phenoxy) is 1. The number of nitrogens with zero attached hydrogens (tertiary/aromatic N) is 1. The maximum Gasteiger partial charge on any atom is 0.0830 e. The fraction of sp³-hybridized carbons (Fsp3) is 1.00. The maximum absolute atomic E-state index is 5.86. The van der Waals surface area contributed by atoms with E-state index in [1.165, 1.54) is 0 Å². The molecule has 0 aromatic heterocycles. The average molecular weight is 199 g/mol. The van der Waals surface area contributed by atoms with Crippen LogP contribution in [-0.4, -0.2) is 55.9 Å². The van der Waals surface area contributed by atoms with Gasteiger partial charge in [-0.1, -0.05) is 0 Å². The minimum Gasteiger partial charge on any atom is -0.371 e. The van der Waals surface area contributed by atoms with Crippen LogP contribution in [-0.2, 0) is 4.74 Å². The zero-order valence-corrected chi connectivity index (χ0v) is 8.91. The Morgan fingerprint density at radius 3 is 3.00 bits per heavy atom. The second-order valence-electron chi connectivity index (χ2n) is 4.54. The Bertz CT molecular complexity index is 188. The highest BCUT2D eigenvalue weighted by Crippen LogP contribution is 2.11. The first-order valence-electron chi connectivity index (χ1n) is 5.58. The van der Waals surface area contributed by atoms with Gasteiger partial charge in [-0.3, -0.25) is 4.90 Å². The van der Waals surface area contributed by atoms with E-state index < -0.39 is 0 Å². The van der Waals surface area contributed by atoms with Gasteiger partial charge in [0.05, 0.1) is 12.2 Å². The number of morpholine rings is 1. The van der Waals surface area contributed by atoms with Crippen LogP contribution in [0.15, 0.2) is 0 Å². The van der Waals surface area contributed by atoms with Crippen LogP contribution in [0.5, 0.6) is 0 Å². The molecule has 0 unspecified atom stereocenters. The Morgan fingerprint density at radius 1 is 1.50 bits per heavy atom. The van der Waals surface area contributed by atoms with Gasteiger partial charge in [0.1, 0.15) is 0 Å². The Morgan fingerprint density at radius 2 is 2.36 bits per heavy atom. The molecule has 4 nitrogen and oxygen atoms in total. The molecule has 0 aromatic rings. The summed E-state index contributed by atoms with van der Waals surface area (Å²) in [4.78, 5) is 2.41. The smallest absolute Gasteiger partial charge is 0.0830 e. The molecule has 3 N–H and O–H groups in total. The third-order valence-electron chi connectivity index (χ3n) is 3.00. The molecule has 3 atom stereocenters. The van der Waals surface area contributed by atoms with E-state index in [0.717, 1.165) is 39.1 Å². The van der Waals surface area contributed by atoms with E-state index in [9.17, 15) is 0 Å². The highest BCUT2D eigenvalue weighted by Gasteiger charge is 2.25. The lowest BCUT2D eigenvalue weighted by molar-refractivity contribution is -0.0398. The Kier molecular flexibility index (Phi) is 3.38. The summed E-state index contributed by atoms with van der Waals surface area (Å²) in [5, 5.41) is 3.39. The van der Waals surface area contributed by atoms with Gasteiger partial charge in [-0.05, 0) is 19.9 Å². The van der Waals surface area contributed by atoms with Crippen molar-refractivity contribution in [3.8, 4) is 0 Å². The normalized spacial score (nSPS) is 40.3. The van der Waals surface area contributed by atoms with Gasteiger partial charge in [0.15, 0.2) is 0 Å². The van der Waals surface area contributed by atoms with Crippen molar-refractivity contribution in [1.82, 2.24) is 10.2 Å². The van der Waals surface area contributed by atoms with Crippen LogP contribution in [0.4, 0.5) is 0 Å². The maximum atomic E-state index is 5.86. The van der Waals surface area contributed by atoms with Crippen LogP contribution in [0.3, 0.4) is 0 Å². The molecule has 0 radical (unpaired) electrons. The number of hydrogen-bond donors (Lipinski definition) is 2. The molecule has 2 heterocycles. The van der Waals surface area contributed by atoms with Crippen LogP contribution < -0.4 is 11.1 Å². The molecule has 0 aliphatic carbocycles. The van der Waals surface area contributed by atoms with E-state index in [1.807, 2.05) is 0 Å². The van der Waals surface area contributed by atoms with Crippen LogP contribution in [0.25, 0.3) is 0 Å². The summed E-state index contributed by atoms with van der Waals surface area (Å²) < 4.78 is 5.84. The first kappa shape index (κ1) is 10.4. The van der Waals surface area contributed by atoms with Gasteiger partial charge >= 0.3 is 0 Å². The van der Waals surface area contributed by atoms with Crippen LogP contribution in [0.1, 0.15) is 13.3 Å². The molecule has 0 spiro atoms. The highest BCUT2D eigenvalue weighted by molar-refractivity contribution is 4.82. The van der Waals surface area contributed by atoms with Gasteiger partial charge in [0.25, 0.3) is 0 Å². The molecule has 2 fully saturated rings. The Labute approximate surface area is 85.8 Å². The van der Waals surface area contributed by atoms with E-state index in [2.05, 4.69) is 17.1 Å². The Hall–Kier alpha value is -0.160. The van der Waals surface area contributed by atoms with Gasteiger partial charge < -0.3 is 15.8 Å². The van der Waals surface area contributed by atoms with Gasteiger partial charge in [-0.25, -0.2) is 0 Å². The van der Waals surface area contributed by atoms with Gasteiger partial charge in [0.2, 0.25) is 0 Å². The summed E-state index contributed by atoms with van der Waals surface area (Å²) >= 11 is 0. The number of nitrogens with one attached hydrogen (secondary N) is 1. The zero-order valence-electron chi connectivity index (χ0n) is 8.91. The average Bonchev–Trinajstić information content (AvgIpc) is 2.51. The largest absolute Gasteiger partial charge is 0.371 e. The van der Waals surface area contributed by atoms with Crippen LogP contribution in [0.2, 0.25) is 0 Å². The predicted molar refractivity (Wildman–Crippen MR) is 56.2 cm³/mol. The lowest BCUT2D eigenvalue weighted by Crippen LogP contribution is -2.48. The first-order valence-corrected chi connectivity index (χ1v) is 5.58. The van der Waals surface area contributed by atoms with E-state index in [1.54, 1.807) is 0 Å². The van der Waals surface area contributed by atoms with E-state index >= 15 is 0 Å². The molecule has 2 saturated heterocycles. The van der Waals surface area contributed by atoms with Crippen molar-refractivity contribution >= 4 is 0 Å². The van der Waals surface area contributed by atoms with Crippen molar-refractivity contribution in [1.29, 1.82) is 0 Å². The van der Waals surface area contributed by atoms with Gasteiger partial charge in [-0.15, -0.1) is 0 Å². The van der Waals surface area contributed by atoms with Crippen molar-refractivity contribution in [2.75, 3.05) is 32.7 Å². The first-order chi connectivity index (χ1) is 6.74. The van der Waals surface area contributed by atoms with Gasteiger partial charge in [-0.2, -0.15) is 0 Å². The summed E-state index contributed by atoms with van der Waals surface area (Å²) in [5.41, 5.74) is 5.86. The summed E-state index contributed by atoms with van der Waals surface area (Å²) in [7, 11) is 0. The number of likely N-dealkylation sites (tertiary alicyclic amines) is 1. The second-order valence-corrected chi connectivity index (χ2v) is 4.54. The Balaban J connectivity index is 1.74. The molecule has 82 valence electrons. The van der Waals surface area contributed by atoms with E-state index in [0.29, 0.717) is 18.2 Å². The molecule has 0 aromatic carbocycles. The minimum atomic E-state index is 0.351. The fourth-order valence-electron chi connectivity index (χ4n) is 2.30. The zero-order chi connectivity index (χ0) is 9.97. The van der Waals surface area contributed by atoms with Crippen molar-refractivity contribution < 1.29 is 4.74 Å². The van der Waals surface area contributed by atoms with Crippen LogP contribution in [0, 0.1) is 0 Å². The van der Waals surface area contributed by atoms with Gasteiger partial charge in [0, 0.05) is 32.2 Å². The molecular weight excluding hydrogens is 178 g/mol. The molecule has 2 aliphatic rings. The summed E-state index contributed by atoms with van der Waals surface area (Å²) in [6, 6.07) is 0.379. The third kappa shape index (κ3) is 2.67. The number of rotatable bonds is 2. The number of nitrogens with two attached hydrogens (primary N) is 1. The molecule has 0 amide bonds. The lowest BCUT2D eigenvalue weighted by Gasteiger charge is -2.31. The summed E-state index contributed by atoms with van der Waals surface area (Å²) in [5.74, 6) is 0. The minimum absolute atomic E-state index is 0.351. The van der Waals surface area contributed by atoms with Crippen molar-refractivity contribution in [3.63, 3.8) is 0 Å². The molecule has 4 heteroatoms. The fourth-order valence-corrected chi connectivity index (χ4v) is 2.30. The molecule has 2 rings (SSSR count). The third-order valence-corrected chi connectivity index (χ3v) is 3.00. The van der Waals surface area contributed by atoms with E-state index in [-0.39, 0.29) is 0 Å².